The number of aliphatic hydroxyl groups excluding tert-OH is 1. The zero-order valence-corrected chi connectivity index (χ0v) is 24.5. The number of amides is 3. The van der Waals surface area contributed by atoms with Gasteiger partial charge in [0, 0.05) is 37.3 Å². The van der Waals surface area contributed by atoms with E-state index in [1.165, 1.54) is 0 Å². The Morgan fingerprint density at radius 3 is 2.63 bits per heavy atom. The Morgan fingerprint density at radius 2 is 1.97 bits per heavy atom. The van der Waals surface area contributed by atoms with Gasteiger partial charge in [-0.2, -0.15) is 0 Å². The second kappa shape index (κ2) is 15.9. The van der Waals surface area contributed by atoms with E-state index in [1.807, 2.05) is 27.7 Å². The number of urea groups is 1. The van der Waals surface area contributed by atoms with Gasteiger partial charge in [0.25, 0.3) is 5.91 Å². The first kappa shape index (κ1) is 31.9. The Kier molecular flexibility index (Phi) is 13.3. The summed E-state index contributed by atoms with van der Waals surface area (Å²) in [5.41, 5.74) is 0.865. The highest BCUT2D eigenvalue weighted by Gasteiger charge is 2.30. The van der Waals surface area contributed by atoms with Crippen LogP contribution in [0.5, 0.6) is 5.75 Å². The molecule has 9 heteroatoms. The molecule has 0 spiro atoms. The van der Waals surface area contributed by atoms with Gasteiger partial charge in [-0.1, -0.05) is 13.8 Å². The molecule has 1 aromatic carbocycles. The predicted octanol–water partition coefficient (Wildman–Crippen LogP) is 4.35. The fourth-order valence-corrected chi connectivity index (χ4v) is 4.67. The van der Waals surface area contributed by atoms with E-state index in [9.17, 15) is 14.7 Å². The molecule has 0 aliphatic carbocycles. The van der Waals surface area contributed by atoms with E-state index in [1.54, 1.807) is 23.1 Å². The Bertz CT molecular complexity index is 881. The van der Waals surface area contributed by atoms with Crippen LogP contribution in [0.4, 0.5) is 10.5 Å². The molecule has 0 aromatic heterocycles. The maximum absolute atomic E-state index is 14.1. The van der Waals surface area contributed by atoms with E-state index >= 15 is 0 Å². The monoisotopic (exact) mass is 534 g/mol. The minimum Gasteiger partial charge on any atom is -0.490 e. The Morgan fingerprint density at radius 1 is 1.24 bits per heavy atom. The Balaban J connectivity index is 2.45. The van der Waals surface area contributed by atoms with Crippen molar-refractivity contribution in [2.45, 2.75) is 91.5 Å². The van der Waals surface area contributed by atoms with Crippen molar-refractivity contribution in [1.29, 1.82) is 0 Å². The first-order valence-corrected chi connectivity index (χ1v) is 14.2. The number of carbonyl (C=O) groups excluding carboxylic acids is 2. The minimum atomic E-state index is -0.405. The van der Waals surface area contributed by atoms with Gasteiger partial charge in [-0.25, -0.2) is 4.79 Å². The second-order valence-corrected chi connectivity index (χ2v) is 11.0. The van der Waals surface area contributed by atoms with Gasteiger partial charge in [0.2, 0.25) is 0 Å². The number of anilines is 1. The van der Waals surface area contributed by atoms with Crippen LogP contribution >= 0.6 is 0 Å². The van der Waals surface area contributed by atoms with Crippen LogP contribution in [0.2, 0.25) is 0 Å². The minimum absolute atomic E-state index is 0.0213. The first-order chi connectivity index (χ1) is 18.0. The van der Waals surface area contributed by atoms with E-state index in [0.29, 0.717) is 30.2 Å². The van der Waals surface area contributed by atoms with Gasteiger partial charge in [-0.05, 0) is 85.2 Å². The molecule has 0 saturated heterocycles. The number of rotatable bonds is 8. The normalized spacial score (nSPS) is 22.4. The molecular weight excluding hydrogens is 484 g/mol. The fraction of sp³-hybridized carbons (Fsp3) is 0.724. The zero-order chi connectivity index (χ0) is 28.2. The van der Waals surface area contributed by atoms with E-state index in [0.717, 1.165) is 38.8 Å². The molecule has 1 aliphatic heterocycles. The largest absolute Gasteiger partial charge is 0.490 e. The van der Waals surface area contributed by atoms with Crippen molar-refractivity contribution in [3.05, 3.63) is 23.8 Å². The molecule has 38 heavy (non-hydrogen) atoms. The lowest BCUT2D eigenvalue weighted by atomic mass is 10.0. The summed E-state index contributed by atoms with van der Waals surface area (Å²) < 4.78 is 12.6. The average molecular weight is 535 g/mol. The second-order valence-electron chi connectivity index (χ2n) is 11.0. The van der Waals surface area contributed by atoms with Crippen LogP contribution in [-0.4, -0.2) is 91.0 Å². The standard InChI is InChI=1S/C29H50N4O5/c1-8-14-32(7)18-27-21(4)17-33(22(5)19-34)28(35)25-16-24(31-29(36)30-20(2)3)12-13-26(25)38-23(6)11-9-10-15-37-27/h12-13,16,20-23,27,34H,8-11,14-15,17-19H2,1-7H3,(H2,30,31,36)/t21-,22+,23+,27+/m0/s1. The van der Waals surface area contributed by atoms with Crippen molar-refractivity contribution in [2.75, 3.05) is 45.2 Å². The highest BCUT2D eigenvalue weighted by molar-refractivity contribution is 5.99. The third kappa shape index (κ3) is 10.1. The molecule has 0 radical (unpaired) electrons. The molecule has 2 rings (SSSR count). The zero-order valence-electron chi connectivity index (χ0n) is 24.5. The van der Waals surface area contributed by atoms with Crippen molar-refractivity contribution in [1.82, 2.24) is 15.1 Å². The molecule has 216 valence electrons. The van der Waals surface area contributed by atoms with Gasteiger partial charge in [0.1, 0.15) is 5.75 Å². The van der Waals surface area contributed by atoms with Gasteiger partial charge < -0.3 is 35.0 Å². The molecule has 9 nitrogen and oxygen atoms in total. The molecule has 1 aliphatic rings. The van der Waals surface area contributed by atoms with Crippen LogP contribution in [0.1, 0.15) is 77.6 Å². The van der Waals surface area contributed by atoms with Crippen LogP contribution in [0.25, 0.3) is 0 Å². The molecule has 1 aromatic rings. The highest BCUT2D eigenvalue weighted by Crippen LogP contribution is 2.28. The van der Waals surface area contributed by atoms with Gasteiger partial charge in [-0.3, -0.25) is 4.79 Å². The average Bonchev–Trinajstić information content (AvgIpc) is 2.85. The quantitative estimate of drug-likeness (QED) is 0.458. The van der Waals surface area contributed by atoms with E-state index < -0.39 is 6.04 Å². The summed E-state index contributed by atoms with van der Waals surface area (Å²) in [6, 6.07) is 4.40. The number of hydrogen-bond donors (Lipinski definition) is 3. The summed E-state index contributed by atoms with van der Waals surface area (Å²) in [7, 11) is 2.10. The molecule has 0 fully saturated rings. The van der Waals surface area contributed by atoms with Crippen LogP contribution < -0.4 is 15.4 Å². The maximum Gasteiger partial charge on any atom is 0.319 e. The Hall–Kier alpha value is -2.36. The van der Waals surface area contributed by atoms with Gasteiger partial charge in [0.05, 0.1) is 30.4 Å². The SMILES string of the molecule is CCCN(C)C[C@H]1OCCCC[C@@H](C)Oc2ccc(NC(=O)NC(C)C)cc2C(=O)N([C@H](C)CO)C[C@@H]1C. The summed E-state index contributed by atoms with van der Waals surface area (Å²) in [6.07, 6.45) is 3.65. The van der Waals surface area contributed by atoms with Gasteiger partial charge >= 0.3 is 6.03 Å². The topological polar surface area (TPSA) is 103 Å². The summed E-state index contributed by atoms with van der Waals surface area (Å²) in [5, 5.41) is 15.7. The van der Waals surface area contributed by atoms with Crippen molar-refractivity contribution in [2.24, 2.45) is 5.92 Å². The number of likely N-dealkylation sites (N-methyl/N-ethyl adjacent to an activating group) is 1. The lowest BCUT2D eigenvalue weighted by Crippen LogP contribution is -2.47. The number of hydrogen-bond acceptors (Lipinski definition) is 6. The van der Waals surface area contributed by atoms with Crippen molar-refractivity contribution >= 4 is 17.6 Å². The molecule has 0 saturated carbocycles. The van der Waals surface area contributed by atoms with Gasteiger partial charge in [0.15, 0.2) is 0 Å². The molecule has 4 atom stereocenters. The molecule has 1 heterocycles. The Labute approximate surface area is 229 Å². The van der Waals surface area contributed by atoms with Crippen molar-refractivity contribution < 1.29 is 24.2 Å². The van der Waals surface area contributed by atoms with E-state index in [-0.39, 0.29) is 42.7 Å². The van der Waals surface area contributed by atoms with Crippen molar-refractivity contribution in [3.8, 4) is 5.75 Å². The number of carbonyl (C=O) groups is 2. The molecule has 3 amide bonds. The fourth-order valence-electron chi connectivity index (χ4n) is 4.67. The first-order valence-electron chi connectivity index (χ1n) is 14.2. The van der Waals surface area contributed by atoms with Crippen LogP contribution in [0, 0.1) is 5.92 Å². The predicted molar refractivity (Wildman–Crippen MR) is 152 cm³/mol. The summed E-state index contributed by atoms with van der Waals surface area (Å²) in [6.45, 7) is 14.5. The van der Waals surface area contributed by atoms with Crippen LogP contribution in [0.15, 0.2) is 18.2 Å². The number of fused-ring (bicyclic) bond motifs is 1. The van der Waals surface area contributed by atoms with Crippen molar-refractivity contribution in [3.63, 3.8) is 0 Å². The van der Waals surface area contributed by atoms with Gasteiger partial charge in [-0.15, -0.1) is 0 Å². The molecule has 0 unspecified atom stereocenters. The smallest absolute Gasteiger partial charge is 0.319 e. The lowest BCUT2D eigenvalue weighted by Gasteiger charge is -2.35. The van der Waals surface area contributed by atoms with E-state index in [2.05, 4.69) is 36.4 Å². The number of nitrogens with zero attached hydrogens (tertiary/aromatic N) is 2. The summed E-state index contributed by atoms with van der Waals surface area (Å²) in [5.74, 6) is 0.274. The lowest BCUT2D eigenvalue weighted by molar-refractivity contribution is -0.0167. The third-order valence-electron chi connectivity index (χ3n) is 6.83. The number of ether oxygens (including phenoxy) is 2. The summed E-state index contributed by atoms with van der Waals surface area (Å²) in [4.78, 5) is 30.4. The highest BCUT2D eigenvalue weighted by atomic mass is 16.5. The maximum atomic E-state index is 14.1. The molecular formula is C29H50N4O5. The number of nitrogens with one attached hydrogen (secondary N) is 2. The third-order valence-corrected chi connectivity index (χ3v) is 6.83. The van der Waals surface area contributed by atoms with Crippen LogP contribution in [0.3, 0.4) is 0 Å². The number of benzene rings is 1. The summed E-state index contributed by atoms with van der Waals surface area (Å²) >= 11 is 0. The number of aliphatic hydroxyl groups is 1. The van der Waals surface area contributed by atoms with E-state index in [4.69, 9.17) is 9.47 Å². The molecule has 3 N–H and O–H groups in total. The molecule has 0 bridgehead atoms. The van der Waals surface area contributed by atoms with Crippen LogP contribution in [-0.2, 0) is 4.74 Å².